The van der Waals surface area contributed by atoms with Crippen molar-refractivity contribution in [3.05, 3.63) is 29.3 Å². The van der Waals surface area contributed by atoms with E-state index in [2.05, 4.69) is 0 Å². The summed E-state index contributed by atoms with van der Waals surface area (Å²) in [4.78, 5) is 14.1. The van der Waals surface area contributed by atoms with Gasteiger partial charge in [0, 0.05) is 6.04 Å². The normalized spacial score (nSPS) is 18.8. The second-order valence-corrected chi connectivity index (χ2v) is 7.15. The van der Waals surface area contributed by atoms with E-state index in [0.717, 1.165) is 30.5 Å². The molecular formula is C18H24F3NO2. The van der Waals surface area contributed by atoms with Crippen molar-refractivity contribution in [3.8, 4) is 0 Å². The lowest BCUT2D eigenvalue weighted by molar-refractivity contribution is -0.137. The van der Waals surface area contributed by atoms with Gasteiger partial charge in [-0.05, 0) is 64.2 Å². The summed E-state index contributed by atoms with van der Waals surface area (Å²) >= 11 is 0. The number of carbonyl (C=O) groups is 1. The highest BCUT2D eigenvalue weighted by Crippen LogP contribution is 2.37. The van der Waals surface area contributed by atoms with Crippen LogP contribution in [0.5, 0.6) is 0 Å². The molecule has 3 nitrogen and oxygen atoms in total. The summed E-state index contributed by atoms with van der Waals surface area (Å²) in [6.07, 6.45) is -2.14. The first-order chi connectivity index (χ1) is 11.0. The Morgan fingerprint density at radius 1 is 1.29 bits per heavy atom. The van der Waals surface area contributed by atoms with E-state index in [-0.39, 0.29) is 6.04 Å². The summed E-state index contributed by atoms with van der Waals surface area (Å²) in [5.74, 6) is 0. The van der Waals surface area contributed by atoms with E-state index in [0.29, 0.717) is 18.5 Å². The number of halogens is 3. The number of nitrogens with zero attached hydrogens (tertiary/aromatic N) is 1. The number of benzene rings is 1. The zero-order valence-corrected chi connectivity index (χ0v) is 14.5. The number of amides is 1. The van der Waals surface area contributed by atoms with Crippen molar-refractivity contribution in [1.29, 1.82) is 0 Å². The molecule has 2 rings (SSSR count). The molecule has 0 N–H and O–H groups in total. The van der Waals surface area contributed by atoms with Crippen molar-refractivity contribution in [2.75, 3.05) is 4.90 Å². The lowest BCUT2D eigenvalue weighted by atomic mass is 10.0. The first kappa shape index (κ1) is 18.6. The predicted octanol–water partition coefficient (Wildman–Crippen LogP) is 5.56. The molecule has 0 spiro atoms. The Morgan fingerprint density at radius 3 is 2.50 bits per heavy atom. The van der Waals surface area contributed by atoms with Crippen molar-refractivity contribution in [2.45, 2.75) is 71.2 Å². The highest BCUT2D eigenvalue weighted by Gasteiger charge is 2.36. The number of fused-ring (bicyclic) bond motifs is 1. The third-order valence-corrected chi connectivity index (χ3v) is 4.08. The Balaban J connectivity index is 2.51. The molecule has 24 heavy (non-hydrogen) atoms. The van der Waals surface area contributed by atoms with Crippen molar-refractivity contribution >= 4 is 11.8 Å². The van der Waals surface area contributed by atoms with Gasteiger partial charge in [-0.25, -0.2) is 4.79 Å². The van der Waals surface area contributed by atoms with Gasteiger partial charge < -0.3 is 4.74 Å². The lowest BCUT2D eigenvalue weighted by Crippen LogP contribution is -2.43. The molecule has 0 saturated heterocycles. The molecule has 1 atom stereocenters. The van der Waals surface area contributed by atoms with Gasteiger partial charge >= 0.3 is 12.3 Å². The van der Waals surface area contributed by atoms with Crippen molar-refractivity contribution < 1.29 is 22.7 Å². The first-order valence-corrected chi connectivity index (χ1v) is 8.25. The molecule has 1 heterocycles. The van der Waals surface area contributed by atoms with E-state index in [4.69, 9.17) is 4.74 Å². The molecule has 1 amide bonds. The summed E-state index contributed by atoms with van der Waals surface area (Å²) < 4.78 is 44.8. The van der Waals surface area contributed by atoms with E-state index in [1.165, 1.54) is 11.0 Å². The number of rotatable bonds is 1. The number of aryl methyl sites for hydroxylation is 1. The number of hydrogen-bond acceptors (Lipinski definition) is 2. The maximum atomic E-state index is 13.1. The number of hydrogen-bond donors (Lipinski definition) is 0. The number of anilines is 1. The zero-order chi connectivity index (χ0) is 18.1. The van der Waals surface area contributed by atoms with E-state index >= 15 is 0 Å². The van der Waals surface area contributed by atoms with Crippen molar-refractivity contribution in [1.82, 2.24) is 0 Å². The molecule has 1 unspecified atom stereocenters. The van der Waals surface area contributed by atoms with Crippen LogP contribution in [0.15, 0.2) is 18.2 Å². The van der Waals surface area contributed by atoms with Gasteiger partial charge in [-0.2, -0.15) is 13.2 Å². The smallest absolute Gasteiger partial charge is 0.416 e. The quantitative estimate of drug-likeness (QED) is 0.668. The molecule has 1 aliphatic rings. The van der Waals surface area contributed by atoms with Crippen LogP contribution in [0.3, 0.4) is 0 Å². The molecule has 0 radical (unpaired) electrons. The van der Waals surface area contributed by atoms with Crippen LogP contribution in [0.25, 0.3) is 0 Å². The molecule has 134 valence electrons. The largest absolute Gasteiger partial charge is 0.443 e. The van der Waals surface area contributed by atoms with Gasteiger partial charge in [-0.15, -0.1) is 0 Å². The van der Waals surface area contributed by atoms with Gasteiger partial charge in [-0.3, -0.25) is 4.90 Å². The minimum Gasteiger partial charge on any atom is -0.443 e. The lowest BCUT2D eigenvalue weighted by Gasteiger charge is -2.33. The fraction of sp³-hybridized carbons (Fsp3) is 0.611. The first-order valence-electron chi connectivity index (χ1n) is 8.25. The van der Waals surface area contributed by atoms with Gasteiger partial charge in [0.15, 0.2) is 0 Å². The van der Waals surface area contributed by atoms with Crippen LogP contribution in [0.2, 0.25) is 0 Å². The topological polar surface area (TPSA) is 29.5 Å². The van der Waals surface area contributed by atoms with Crippen LogP contribution in [0.1, 0.15) is 58.1 Å². The molecular weight excluding hydrogens is 319 g/mol. The van der Waals surface area contributed by atoms with Gasteiger partial charge in [0.2, 0.25) is 0 Å². The van der Waals surface area contributed by atoms with E-state index in [1.54, 1.807) is 20.8 Å². The molecule has 0 aromatic heterocycles. The number of ether oxygens (including phenoxy) is 1. The number of alkyl halides is 3. The molecule has 1 aromatic carbocycles. The second-order valence-electron chi connectivity index (χ2n) is 7.15. The maximum Gasteiger partial charge on any atom is 0.416 e. The van der Waals surface area contributed by atoms with Crippen LogP contribution in [0, 0.1) is 0 Å². The molecule has 0 fully saturated rings. The molecule has 1 aliphatic heterocycles. The predicted molar refractivity (Wildman–Crippen MR) is 87.2 cm³/mol. The van der Waals surface area contributed by atoms with Gasteiger partial charge in [0.1, 0.15) is 5.60 Å². The SMILES string of the molecule is CCC1CCCc2ccc(C(F)(F)F)cc2N1C(=O)OC(C)(C)C. The number of carbonyl (C=O) groups excluding carboxylic acids is 1. The van der Waals surface area contributed by atoms with E-state index in [1.807, 2.05) is 6.92 Å². The Morgan fingerprint density at radius 2 is 1.96 bits per heavy atom. The average Bonchev–Trinajstić information content (AvgIpc) is 2.62. The Bertz CT molecular complexity index is 605. The highest BCUT2D eigenvalue weighted by molar-refractivity contribution is 5.90. The van der Waals surface area contributed by atoms with Crippen LogP contribution < -0.4 is 4.90 Å². The maximum absolute atomic E-state index is 13.1. The standard InChI is InChI=1S/C18H24F3NO2/c1-5-14-8-6-7-12-9-10-13(18(19,20)21)11-15(12)22(14)16(23)24-17(2,3)4/h9-11,14H,5-8H2,1-4H3. The van der Waals surface area contributed by atoms with Crippen LogP contribution >= 0.6 is 0 Å². The molecule has 0 bridgehead atoms. The average molecular weight is 343 g/mol. The van der Waals surface area contributed by atoms with Crippen LogP contribution in [0.4, 0.5) is 23.7 Å². The van der Waals surface area contributed by atoms with Gasteiger partial charge in [0.25, 0.3) is 0 Å². The van der Waals surface area contributed by atoms with Crippen LogP contribution in [-0.4, -0.2) is 17.7 Å². The molecule has 1 aromatic rings. The third-order valence-electron chi connectivity index (χ3n) is 4.08. The monoisotopic (exact) mass is 343 g/mol. The Labute approximate surface area is 140 Å². The summed E-state index contributed by atoms with van der Waals surface area (Å²) in [5.41, 5.74) is -0.372. The highest BCUT2D eigenvalue weighted by atomic mass is 19.4. The molecule has 0 aliphatic carbocycles. The second kappa shape index (κ2) is 6.65. The molecule has 0 saturated carbocycles. The minimum atomic E-state index is -4.44. The van der Waals surface area contributed by atoms with E-state index < -0.39 is 23.4 Å². The van der Waals surface area contributed by atoms with Crippen molar-refractivity contribution in [3.63, 3.8) is 0 Å². The summed E-state index contributed by atoms with van der Waals surface area (Å²) in [6, 6.07) is 3.48. The Hall–Kier alpha value is -1.72. The van der Waals surface area contributed by atoms with E-state index in [9.17, 15) is 18.0 Å². The van der Waals surface area contributed by atoms with Crippen LogP contribution in [-0.2, 0) is 17.3 Å². The minimum absolute atomic E-state index is 0.162. The Kier molecular flexibility index (Phi) is 5.16. The fourth-order valence-electron chi connectivity index (χ4n) is 2.97. The van der Waals surface area contributed by atoms with Gasteiger partial charge in [-0.1, -0.05) is 13.0 Å². The third kappa shape index (κ3) is 4.22. The summed E-state index contributed by atoms with van der Waals surface area (Å²) in [7, 11) is 0. The van der Waals surface area contributed by atoms with Gasteiger partial charge in [0.05, 0.1) is 11.3 Å². The summed E-state index contributed by atoms with van der Waals surface area (Å²) in [5, 5.41) is 0. The zero-order valence-electron chi connectivity index (χ0n) is 14.5. The fourth-order valence-corrected chi connectivity index (χ4v) is 2.97. The molecule has 6 heteroatoms. The van der Waals surface area contributed by atoms with Crippen molar-refractivity contribution in [2.24, 2.45) is 0 Å². The summed E-state index contributed by atoms with van der Waals surface area (Å²) in [6.45, 7) is 7.17.